The zero-order valence-electron chi connectivity index (χ0n) is 14.0. The molecule has 1 atom stereocenters. The molecule has 2 aromatic rings. The molecular formula is C17H19ClN4O3S. The second-order valence-electron chi connectivity index (χ2n) is 5.76. The van der Waals surface area contributed by atoms with Gasteiger partial charge < -0.3 is 20.7 Å². The topological polar surface area (TPSA) is 92.4 Å². The lowest BCUT2D eigenvalue weighted by molar-refractivity contribution is -0.120. The first-order chi connectivity index (χ1) is 12.6. The highest BCUT2D eigenvalue weighted by molar-refractivity contribution is 7.14. The van der Waals surface area contributed by atoms with Gasteiger partial charge in [0.1, 0.15) is 5.69 Å². The Kier molecular flexibility index (Phi) is 6.43. The summed E-state index contributed by atoms with van der Waals surface area (Å²) < 4.78 is 5.43. The van der Waals surface area contributed by atoms with Crippen LogP contribution in [-0.2, 0) is 9.53 Å². The van der Waals surface area contributed by atoms with E-state index in [2.05, 4.69) is 20.9 Å². The lowest BCUT2D eigenvalue weighted by atomic mass is 10.2. The van der Waals surface area contributed by atoms with Crippen molar-refractivity contribution in [3.63, 3.8) is 0 Å². The molecule has 0 bridgehead atoms. The number of ether oxygens (including phenoxy) is 1. The molecule has 1 aliphatic heterocycles. The molecule has 2 amide bonds. The fourth-order valence-electron chi connectivity index (χ4n) is 2.46. The van der Waals surface area contributed by atoms with Crippen LogP contribution in [0.1, 0.15) is 23.3 Å². The number of nitrogens with one attached hydrogen (secondary N) is 3. The van der Waals surface area contributed by atoms with Gasteiger partial charge in [0.05, 0.1) is 23.4 Å². The second kappa shape index (κ2) is 8.98. The summed E-state index contributed by atoms with van der Waals surface area (Å²) in [6.07, 6.45) is 2.05. The number of amides is 2. The number of anilines is 2. The van der Waals surface area contributed by atoms with E-state index in [-0.39, 0.29) is 24.2 Å². The van der Waals surface area contributed by atoms with Crippen LogP contribution in [-0.4, -0.2) is 42.6 Å². The van der Waals surface area contributed by atoms with Crippen LogP contribution in [0.2, 0.25) is 5.02 Å². The summed E-state index contributed by atoms with van der Waals surface area (Å²) in [5.74, 6) is -0.653. The van der Waals surface area contributed by atoms with E-state index in [1.165, 1.54) is 11.3 Å². The molecule has 1 fully saturated rings. The van der Waals surface area contributed by atoms with Gasteiger partial charge in [-0.3, -0.25) is 9.59 Å². The first-order valence-corrected chi connectivity index (χ1v) is 9.51. The Hall–Kier alpha value is -2.16. The summed E-state index contributed by atoms with van der Waals surface area (Å²) in [4.78, 5) is 28.1. The lowest BCUT2D eigenvalue weighted by Gasteiger charge is -2.10. The van der Waals surface area contributed by atoms with Gasteiger partial charge in [-0.05, 0) is 25.0 Å². The number of halogens is 1. The SMILES string of the molecule is O=C(CNC(=O)c1csc(Nc2ccccc2Cl)n1)NC[C@H]1CCCO1. The largest absolute Gasteiger partial charge is 0.376 e. The summed E-state index contributed by atoms with van der Waals surface area (Å²) >= 11 is 7.37. The van der Waals surface area contributed by atoms with Gasteiger partial charge in [-0.15, -0.1) is 11.3 Å². The molecule has 9 heteroatoms. The van der Waals surface area contributed by atoms with Gasteiger partial charge in [0, 0.05) is 18.5 Å². The molecule has 0 radical (unpaired) electrons. The zero-order valence-corrected chi connectivity index (χ0v) is 15.5. The van der Waals surface area contributed by atoms with E-state index in [4.69, 9.17) is 16.3 Å². The van der Waals surface area contributed by atoms with Crippen molar-refractivity contribution >= 4 is 45.6 Å². The number of hydrogen-bond donors (Lipinski definition) is 3. The Morgan fingerprint density at radius 3 is 2.92 bits per heavy atom. The molecule has 3 N–H and O–H groups in total. The average molecular weight is 395 g/mol. The van der Waals surface area contributed by atoms with E-state index >= 15 is 0 Å². The Labute approximate surface area is 160 Å². The van der Waals surface area contributed by atoms with Gasteiger partial charge in [0.25, 0.3) is 5.91 Å². The molecule has 1 saturated heterocycles. The van der Waals surface area contributed by atoms with Crippen molar-refractivity contribution in [1.82, 2.24) is 15.6 Å². The summed E-state index contributed by atoms with van der Waals surface area (Å²) in [6, 6.07) is 7.27. The number of hydrogen-bond acceptors (Lipinski definition) is 6. The van der Waals surface area contributed by atoms with Crippen LogP contribution in [0.4, 0.5) is 10.8 Å². The fourth-order valence-corrected chi connectivity index (χ4v) is 3.35. The maximum Gasteiger partial charge on any atom is 0.271 e. The van der Waals surface area contributed by atoms with Crippen LogP contribution in [0.25, 0.3) is 0 Å². The van der Waals surface area contributed by atoms with Crippen molar-refractivity contribution in [1.29, 1.82) is 0 Å². The Morgan fingerprint density at radius 1 is 1.31 bits per heavy atom. The van der Waals surface area contributed by atoms with Crippen molar-refractivity contribution in [3.8, 4) is 0 Å². The molecule has 2 heterocycles. The number of rotatable bonds is 7. The van der Waals surface area contributed by atoms with Gasteiger partial charge >= 0.3 is 0 Å². The van der Waals surface area contributed by atoms with Gasteiger partial charge in [0.2, 0.25) is 5.91 Å². The van der Waals surface area contributed by atoms with Crippen molar-refractivity contribution in [2.75, 3.05) is 25.0 Å². The maximum atomic E-state index is 12.1. The standard InChI is InChI=1S/C17H19ClN4O3S/c18-12-5-1-2-6-13(12)21-17-22-14(10-26-17)16(24)20-9-15(23)19-8-11-4-3-7-25-11/h1-2,5-6,10-11H,3-4,7-9H2,(H,19,23)(H,20,24)(H,21,22)/t11-/m1/s1. The van der Waals surface area contributed by atoms with E-state index < -0.39 is 5.91 Å². The van der Waals surface area contributed by atoms with Crippen LogP contribution >= 0.6 is 22.9 Å². The first-order valence-electron chi connectivity index (χ1n) is 8.25. The lowest BCUT2D eigenvalue weighted by Crippen LogP contribution is -2.40. The van der Waals surface area contributed by atoms with Crippen LogP contribution in [0.5, 0.6) is 0 Å². The molecule has 26 heavy (non-hydrogen) atoms. The summed E-state index contributed by atoms with van der Waals surface area (Å²) in [7, 11) is 0. The second-order valence-corrected chi connectivity index (χ2v) is 7.03. The molecule has 0 saturated carbocycles. The monoisotopic (exact) mass is 394 g/mol. The van der Waals surface area contributed by atoms with E-state index in [1.807, 2.05) is 18.2 Å². The van der Waals surface area contributed by atoms with Crippen molar-refractivity contribution in [2.45, 2.75) is 18.9 Å². The Bertz CT molecular complexity index is 777. The molecule has 0 spiro atoms. The molecular weight excluding hydrogens is 376 g/mol. The third kappa shape index (κ3) is 5.17. The Balaban J connectivity index is 1.45. The van der Waals surface area contributed by atoms with Gasteiger partial charge in [-0.2, -0.15) is 0 Å². The predicted molar refractivity (Wildman–Crippen MR) is 101 cm³/mol. The number of para-hydroxylation sites is 1. The Morgan fingerprint density at radius 2 is 2.15 bits per heavy atom. The third-order valence-electron chi connectivity index (χ3n) is 3.81. The van der Waals surface area contributed by atoms with Crippen molar-refractivity contribution < 1.29 is 14.3 Å². The van der Waals surface area contributed by atoms with Crippen molar-refractivity contribution in [3.05, 3.63) is 40.4 Å². The summed E-state index contributed by atoms with van der Waals surface area (Å²) in [6.45, 7) is 1.11. The zero-order chi connectivity index (χ0) is 18.4. The van der Waals surface area contributed by atoms with Gasteiger partial charge in [0.15, 0.2) is 5.13 Å². The van der Waals surface area contributed by atoms with E-state index in [0.717, 1.165) is 19.4 Å². The summed E-state index contributed by atoms with van der Waals surface area (Å²) in [5.41, 5.74) is 0.959. The normalized spacial score (nSPS) is 16.3. The number of carbonyl (C=O) groups is 2. The van der Waals surface area contributed by atoms with Crippen LogP contribution < -0.4 is 16.0 Å². The number of aromatic nitrogens is 1. The molecule has 1 aromatic heterocycles. The van der Waals surface area contributed by atoms with Crippen LogP contribution in [0.15, 0.2) is 29.6 Å². The van der Waals surface area contributed by atoms with Crippen LogP contribution in [0.3, 0.4) is 0 Å². The number of nitrogens with zero attached hydrogens (tertiary/aromatic N) is 1. The fraction of sp³-hybridized carbons (Fsp3) is 0.353. The minimum atomic E-state index is -0.402. The van der Waals surface area contributed by atoms with Crippen LogP contribution in [0, 0.1) is 0 Å². The van der Waals surface area contributed by atoms with Gasteiger partial charge in [-0.25, -0.2) is 4.98 Å². The highest BCUT2D eigenvalue weighted by Gasteiger charge is 2.17. The number of thiazole rings is 1. The molecule has 1 aliphatic rings. The maximum absolute atomic E-state index is 12.1. The first kappa shape index (κ1) is 18.6. The third-order valence-corrected chi connectivity index (χ3v) is 4.90. The average Bonchev–Trinajstić information content (AvgIpc) is 3.32. The van der Waals surface area contributed by atoms with Gasteiger partial charge in [-0.1, -0.05) is 23.7 Å². The highest BCUT2D eigenvalue weighted by Crippen LogP contribution is 2.26. The molecule has 1 aromatic carbocycles. The molecule has 138 valence electrons. The number of carbonyl (C=O) groups excluding carboxylic acids is 2. The molecule has 0 aliphatic carbocycles. The highest BCUT2D eigenvalue weighted by atomic mass is 35.5. The number of benzene rings is 1. The minimum absolute atomic E-state index is 0.0756. The van der Waals surface area contributed by atoms with E-state index in [9.17, 15) is 9.59 Å². The molecule has 3 rings (SSSR count). The minimum Gasteiger partial charge on any atom is -0.376 e. The predicted octanol–water partition coefficient (Wildman–Crippen LogP) is 2.57. The van der Waals surface area contributed by atoms with E-state index in [0.29, 0.717) is 22.4 Å². The summed E-state index contributed by atoms with van der Waals surface area (Å²) in [5, 5.41) is 11.1. The quantitative estimate of drug-likeness (QED) is 0.671. The van der Waals surface area contributed by atoms with Crippen molar-refractivity contribution in [2.24, 2.45) is 0 Å². The smallest absolute Gasteiger partial charge is 0.271 e. The van der Waals surface area contributed by atoms with E-state index in [1.54, 1.807) is 11.4 Å². The molecule has 7 nitrogen and oxygen atoms in total. The molecule has 0 unspecified atom stereocenters.